The monoisotopic (exact) mass is 427 g/mol. The van der Waals surface area contributed by atoms with Crippen molar-refractivity contribution in [2.24, 2.45) is 5.92 Å². The second-order valence-corrected chi connectivity index (χ2v) is 8.95. The number of carbonyl (C=O) groups is 1. The fourth-order valence-electron chi connectivity index (χ4n) is 3.92. The van der Waals surface area contributed by atoms with Crippen LogP contribution in [0.5, 0.6) is 0 Å². The molecule has 0 amide bonds. The zero-order valence-electron chi connectivity index (χ0n) is 20.4. The van der Waals surface area contributed by atoms with Gasteiger partial charge in [0.25, 0.3) is 0 Å². The molecule has 2 N–H and O–H groups in total. The molecule has 0 aliphatic carbocycles. The van der Waals surface area contributed by atoms with Gasteiger partial charge in [-0.1, -0.05) is 97.3 Å². The molecule has 0 aliphatic heterocycles. The Morgan fingerprint density at radius 2 is 1.27 bits per heavy atom. The second-order valence-electron chi connectivity index (χ2n) is 8.95. The lowest BCUT2D eigenvalue weighted by molar-refractivity contribution is -0.145. The van der Waals surface area contributed by atoms with E-state index < -0.39 is 0 Å². The van der Waals surface area contributed by atoms with Crippen LogP contribution in [0.3, 0.4) is 0 Å². The third kappa shape index (κ3) is 22.1. The summed E-state index contributed by atoms with van der Waals surface area (Å²) in [7, 11) is 0. The normalized spacial score (nSPS) is 11.3. The number of carbonyl (C=O) groups excluding carboxylic acids is 1. The summed E-state index contributed by atoms with van der Waals surface area (Å²) in [6.45, 7) is 6.90. The number of unbranched alkanes of at least 4 members (excludes halogenated alkanes) is 12. The molecule has 4 heteroatoms. The van der Waals surface area contributed by atoms with Gasteiger partial charge in [-0.2, -0.15) is 0 Å². The van der Waals surface area contributed by atoms with Gasteiger partial charge in [0.1, 0.15) is 0 Å². The number of rotatable bonds is 24. The van der Waals surface area contributed by atoms with E-state index in [0.29, 0.717) is 25.5 Å². The number of nitrogens with one attached hydrogen (secondary N) is 1. The number of ether oxygens (including phenoxy) is 1. The van der Waals surface area contributed by atoms with E-state index in [1.807, 2.05) is 0 Å². The van der Waals surface area contributed by atoms with Gasteiger partial charge in [-0.15, -0.1) is 0 Å². The molecule has 0 atom stereocenters. The predicted molar refractivity (Wildman–Crippen MR) is 129 cm³/mol. The van der Waals surface area contributed by atoms with E-state index in [-0.39, 0.29) is 12.6 Å². The van der Waals surface area contributed by atoms with Crippen molar-refractivity contribution < 1.29 is 14.6 Å². The molecule has 4 nitrogen and oxygen atoms in total. The number of esters is 1. The van der Waals surface area contributed by atoms with Crippen LogP contribution in [-0.4, -0.2) is 37.4 Å². The van der Waals surface area contributed by atoms with E-state index in [2.05, 4.69) is 19.2 Å². The zero-order valence-corrected chi connectivity index (χ0v) is 20.4. The first-order valence-corrected chi connectivity index (χ1v) is 13.2. The van der Waals surface area contributed by atoms with Crippen molar-refractivity contribution in [2.45, 2.75) is 129 Å². The fourth-order valence-corrected chi connectivity index (χ4v) is 3.92. The summed E-state index contributed by atoms with van der Waals surface area (Å²) in [5.74, 6) is 0.531. The molecule has 0 aromatic rings. The highest BCUT2D eigenvalue weighted by molar-refractivity contribution is 5.69. The van der Waals surface area contributed by atoms with Crippen LogP contribution in [0.2, 0.25) is 0 Å². The quantitative estimate of drug-likeness (QED) is 0.131. The Morgan fingerprint density at radius 3 is 1.83 bits per heavy atom. The highest BCUT2D eigenvalue weighted by atomic mass is 16.5. The Labute approximate surface area is 187 Å². The Balaban J connectivity index is 3.94. The smallest absolute Gasteiger partial charge is 0.305 e. The summed E-state index contributed by atoms with van der Waals surface area (Å²) in [6.07, 6.45) is 21.9. The first-order chi connectivity index (χ1) is 14.7. The van der Waals surface area contributed by atoms with Gasteiger partial charge in [-0.05, 0) is 38.1 Å². The van der Waals surface area contributed by atoms with E-state index >= 15 is 0 Å². The van der Waals surface area contributed by atoms with Crippen LogP contribution in [-0.2, 0) is 9.53 Å². The first-order valence-electron chi connectivity index (χ1n) is 13.2. The van der Waals surface area contributed by atoms with E-state index in [9.17, 15) is 4.79 Å². The fraction of sp³-hybridized carbons (Fsp3) is 0.962. The summed E-state index contributed by atoms with van der Waals surface area (Å²) in [5.41, 5.74) is 0. The van der Waals surface area contributed by atoms with Gasteiger partial charge in [0.2, 0.25) is 0 Å². The molecule has 0 heterocycles. The van der Waals surface area contributed by atoms with Crippen LogP contribution in [0.25, 0.3) is 0 Å². The van der Waals surface area contributed by atoms with E-state index in [0.717, 1.165) is 25.8 Å². The summed E-state index contributed by atoms with van der Waals surface area (Å²) in [5, 5.41) is 11.9. The molecule has 0 aliphatic rings. The van der Waals surface area contributed by atoms with Crippen LogP contribution >= 0.6 is 0 Å². The van der Waals surface area contributed by atoms with Crippen LogP contribution in [0.15, 0.2) is 0 Å². The highest BCUT2D eigenvalue weighted by Gasteiger charge is 2.12. The van der Waals surface area contributed by atoms with Crippen LogP contribution in [0.4, 0.5) is 0 Å². The molecule has 0 fully saturated rings. The highest BCUT2D eigenvalue weighted by Crippen LogP contribution is 2.20. The summed E-state index contributed by atoms with van der Waals surface area (Å²) in [6, 6.07) is 0. The Hall–Kier alpha value is -0.610. The van der Waals surface area contributed by atoms with Crippen LogP contribution < -0.4 is 5.32 Å². The number of aliphatic hydroxyl groups is 1. The molecule has 0 aromatic heterocycles. The van der Waals surface area contributed by atoms with Gasteiger partial charge in [-0.25, -0.2) is 0 Å². The molecular formula is C26H53NO3. The molecule has 0 saturated carbocycles. The lowest BCUT2D eigenvalue weighted by Gasteiger charge is -2.17. The van der Waals surface area contributed by atoms with Gasteiger partial charge in [0, 0.05) is 13.0 Å². The van der Waals surface area contributed by atoms with Crippen molar-refractivity contribution >= 4 is 5.97 Å². The molecule has 0 unspecified atom stereocenters. The average Bonchev–Trinajstić information content (AvgIpc) is 2.75. The van der Waals surface area contributed by atoms with Gasteiger partial charge < -0.3 is 15.2 Å². The topological polar surface area (TPSA) is 58.6 Å². The van der Waals surface area contributed by atoms with Gasteiger partial charge in [0.05, 0.1) is 13.2 Å². The van der Waals surface area contributed by atoms with Crippen LogP contribution in [0, 0.1) is 5.92 Å². The predicted octanol–water partition coefficient (Wildman–Crippen LogP) is 6.79. The maximum Gasteiger partial charge on any atom is 0.305 e. The lowest BCUT2D eigenvalue weighted by Crippen LogP contribution is -2.19. The van der Waals surface area contributed by atoms with Gasteiger partial charge in [0.15, 0.2) is 0 Å². The number of hydrogen-bond donors (Lipinski definition) is 2. The molecule has 180 valence electrons. The van der Waals surface area contributed by atoms with Crippen molar-refractivity contribution in [3.8, 4) is 0 Å². The van der Waals surface area contributed by atoms with Gasteiger partial charge >= 0.3 is 5.97 Å². The van der Waals surface area contributed by atoms with Crippen molar-refractivity contribution in [1.29, 1.82) is 0 Å². The second kappa shape index (κ2) is 24.7. The Bertz CT molecular complexity index is 333. The first kappa shape index (κ1) is 29.4. The molecule has 0 bridgehead atoms. The van der Waals surface area contributed by atoms with E-state index in [1.165, 1.54) is 89.9 Å². The van der Waals surface area contributed by atoms with Gasteiger partial charge in [-0.3, -0.25) is 4.79 Å². The minimum absolute atomic E-state index is 0.0193. The van der Waals surface area contributed by atoms with Crippen LogP contribution in [0.1, 0.15) is 129 Å². The largest absolute Gasteiger partial charge is 0.465 e. The Morgan fingerprint density at radius 1 is 0.733 bits per heavy atom. The molecule has 0 rings (SSSR count). The van der Waals surface area contributed by atoms with E-state index in [1.54, 1.807) is 0 Å². The van der Waals surface area contributed by atoms with Crippen molar-refractivity contribution in [2.75, 3.05) is 26.3 Å². The van der Waals surface area contributed by atoms with Crippen molar-refractivity contribution in [3.05, 3.63) is 0 Å². The summed E-state index contributed by atoms with van der Waals surface area (Å²) in [4.78, 5) is 12.1. The maximum absolute atomic E-state index is 12.1. The molecule has 30 heavy (non-hydrogen) atoms. The van der Waals surface area contributed by atoms with Crippen molar-refractivity contribution in [3.63, 3.8) is 0 Å². The van der Waals surface area contributed by atoms with Crippen molar-refractivity contribution in [1.82, 2.24) is 5.32 Å². The zero-order chi connectivity index (χ0) is 22.1. The standard InChI is InChI=1S/C26H53NO3/c1-3-5-7-9-11-14-18-25(19-15-12-10-8-6-4-2)24-30-26(29)20-16-13-17-21-27-22-23-28/h25,27-28H,3-24H2,1-2H3. The maximum atomic E-state index is 12.1. The number of hydrogen-bond acceptors (Lipinski definition) is 4. The third-order valence-corrected chi connectivity index (χ3v) is 5.93. The number of aliphatic hydroxyl groups excluding tert-OH is 1. The molecule has 0 radical (unpaired) electrons. The SMILES string of the molecule is CCCCCCCCC(CCCCCCCC)COC(=O)CCCCCNCCO. The summed E-state index contributed by atoms with van der Waals surface area (Å²) < 4.78 is 5.65. The average molecular weight is 428 g/mol. The minimum Gasteiger partial charge on any atom is -0.465 e. The van der Waals surface area contributed by atoms with E-state index in [4.69, 9.17) is 9.84 Å². The Kier molecular flexibility index (Phi) is 24.2. The molecule has 0 saturated heterocycles. The molecule has 0 spiro atoms. The molecule has 0 aromatic carbocycles. The lowest BCUT2D eigenvalue weighted by atomic mass is 9.94. The molecular weight excluding hydrogens is 374 g/mol. The minimum atomic E-state index is -0.0193. The third-order valence-electron chi connectivity index (χ3n) is 5.93. The summed E-state index contributed by atoms with van der Waals surface area (Å²) >= 11 is 0.